The molecule has 1 saturated heterocycles. The number of hydrogen-bond donors (Lipinski definition) is 0. The van der Waals surface area contributed by atoms with E-state index in [1.807, 2.05) is 0 Å². The summed E-state index contributed by atoms with van der Waals surface area (Å²) >= 11 is 6.13. The van der Waals surface area contributed by atoms with Crippen molar-refractivity contribution in [2.45, 2.75) is 6.54 Å². The van der Waals surface area contributed by atoms with Gasteiger partial charge in [0.2, 0.25) is 0 Å². The lowest BCUT2D eigenvalue weighted by atomic mass is 10.1. The number of furan rings is 1. The van der Waals surface area contributed by atoms with E-state index in [-0.39, 0.29) is 11.6 Å². The molecule has 1 aliphatic heterocycles. The fraction of sp³-hybridized carbons (Fsp3) is 0.312. The van der Waals surface area contributed by atoms with Crippen LogP contribution in [-0.2, 0) is 6.54 Å². The number of hydrogen-bond acceptors (Lipinski definition) is 5. The van der Waals surface area contributed by atoms with Crippen LogP contribution in [0, 0.1) is 10.1 Å². The maximum atomic E-state index is 12.2. The Morgan fingerprint density at radius 2 is 2.00 bits per heavy atom. The van der Waals surface area contributed by atoms with Gasteiger partial charge in [-0.2, -0.15) is 0 Å². The van der Waals surface area contributed by atoms with E-state index in [4.69, 9.17) is 16.0 Å². The van der Waals surface area contributed by atoms with Crippen molar-refractivity contribution in [3.05, 3.63) is 63.1 Å². The van der Waals surface area contributed by atoms with Gasteiger partial charge in [-0.3, -0.25) is 19.8 Å². The predicted octanol–water partition coefficient (Wildman–Crippen LogP) is 2.80. The number of amides is 1. The number of nitrogens with zero attached hydrogens (tertiary/aromatic N) is 3. The molecule has 0 unspecified atom stereocenters. The molecule has 0 spiro atoms. The van der Waals surface area contributed by atoms with Crippen molar-refractivity contribution >= 4 is 23.2 Å². The Bertz CT molecular complexity index is 740. The number of carbonyl (C=O) groups excluding carboxylic acids is 1. The van der Waals surface area contributed by atoms with Gasteiger partial charge in [-0.05, 0) is 17.7 Å². The Labute approximate surface area is 143 Å². The van der Waals surface area contributed by atoms with Crippen molar-refractivity contribution < 1.29 is 14.1 Å². The Balaban J connectivity index is 1.58. The summed E-state index contributed by atoms with van der Waals surface area (Å²) in [6.45, 7) is 3.28. The Kier molecular flexibility index (Phi) is 4.82. The molecule has 1 aliphatic rings. The maximum absolute atomic E-state index is 12.2. The van der Waals surface area contributed by atoms with Crippen LogP contribution >= 0.6 is 11.6 Å². The summed E-state index contributed by atoms with van der Waals surface area (Å²) in [5, 5.41) is 11.1. The van der Waals surface area contributed by atoms with Crippen LogP contribution in [0.1, 0.15) is 15.9 Å². The first-order valence-corrected chi connectivity index (χ1v) is 7.89. The van der Waals surface area contributed by atoms with E-state index in [9.17, 15) is 14.9 Å². The lowest BCUT2D eigenvalue weighted by molar-refractivity contribution is -0.384. The number of piperazine rings is 1. The average molecular weight is 350 g/mol. The molecule has 126 valence electrons. The van der Waals surface area contributed by atoms with Gasteiger partial charge in [0.1, 0.15) is 6.26 Å². The third kappa shape index (κ3) is 3.58. The molecule has 7 nitrogen and oxygen atoms in total. The molecule has 0 atom stereocenters. The van der Waals surface area contributed by atoms with Gasteiger partial charge in [0.15, 0.2) is 0 Å². The van der Waals surface area contributed by atoms with Crippen molar-refractivity contribution in [2.75, 3.05) is 26.2 Å². The summed E-state index contributed by atoms with van der Waals surface area (Å²) in [6.07, 6.45) is 2.94. The number of benzene rings is 1. The van der Waals surface area contributed by atoms with Crippen molar-refractivity contribution in [2.24, 2.45) is 0 Å². The number of halogens is 1. The molecule has 2 aromatic rings. The van der Waals surface area contributed by atoms with Crippen LogP contribution in [-0.4, -0.2) is 46.8 Å². The number of non-ortho nitro benzene ring substituents is 1. The second kappa shape index (κ2) is 7.02. The fourth-order valence-corrected chi connectivity index (χ4v) is 2.93. The molecule has 1 amide bonds. The van der Waals surface area contributed by atoms with Crippen LogP contribution in [0.15, 0.2) is 41.2 Å². The van der Waals surface area contributed by atoms with Gasteiger partial charge in [-0.1, -0.05) is 11.6 Å². The quantitative estimate of drug-likeness (QED) is 0.626. The molecule has 2 heterocycles. The molecule has 1 aromatic carbocycles. The molecule has 0 aliphatic carbocycles. The molecule has 0 N–H and O–H groups in total. The summed E-state index contributed by atoms with van der Waals surface area (Å²) in [5.74, 6) is -0.0308. The zero-order valence-corrected chi connectivity index (χ0v) is 13.6. The third-order valence-electron chi connectivity index (χ3n) is 4.07. The molecule has 0 radical (unpaired) electrons. The fourth-order valence-electron chi connectivity index (χ4n) is 2.70. The number of carbonyl (C=O) groups is 1. The van der Waals surface area contributed by atoms with Crippen LogP contribution in [0.3, 0.4) is 0 Å². The highest BCUT2D eigenvalue weighted by Gasteiger charge is 2.23. The minimum absolute atomic E-state index is 0.0146. The Morgan fingerprint density at radius 3 is 2.58 bits per heavy atom. The largest absolute Gasteiger partial charge is 0.472 e. The first-order chi connectivity index (χ1) is 11.5. The minimum Gasteiger partial charge on any atom is -0.472 e. The molecule has 1 aromatic heterocycles. The third-order valence-corrected chi connectivity index (χ3v) is 4.42. The van der Waals surface area contributed by atoms with Crippen molar-refractivity contribution in [3.63, 3.8) is 0 Å². The van der Waals surface area contributed by atoms with E-state index in [1.54, 1.807) is 17.0 Å². The van der Waals surface area contributed by atoms with Gasteiger partial charge < -0.3 is 9.32 Å². The molecular formula is C16H16ClN3O4. The van der Waals surface area contributed by atoms with Crippen molar-refractivity contribution in [3.8, 4) is 0 Å². The zero-order valence-electron chi connectivity index (χ0n) is 12.9. The van der Waals surface area contributed by atoms with Gasteiger partial charge in [0.05, 0.1) is 21.8 Å². The maximum Gasteiger partial charge on any atom is 0.270 e. The first-order valence-electron chi connectivity index (χ1n) is 7.51. The SMILES string of the molecule is O=C(c1ccoc1)N1CCN(Cc2ccc([N+](=O)[O-])cc2Cl)CC1. The Hall–Kier alpha value is -2.38. The first kappa shape index (κ1) is 16.5. The van der Waals surface area contributed by atoms with Gasteiger partial charge >= 0.3 is 0 Å². The van der Waals surface area contributed by atoms with Crippen LogP contribution in [0.4, 0.5) is 5.69 Å². The summed E-state index contributed by atoms with van der Waals surface area (Å²) < 4.78 is 4.95. The normalized spacial score (nSPS) is 15.5. The van der Waals surface area contributed by atoms with Gasteiger partial charge in [0, 0.05) is 44.9 Å². The number of nitro groups is 1. The van der Waals surface area contributed by atoms with E-state index >= 15 is 0 Å². The lowest BCUT2D eigenvalue weighted by Gasteiger charge is -2.34. The molecule has 0 saturated carbocycles. The highest BCUT2D eigenvalue weighted by Crippen LogP contribution is 2.24. The van der Waals surface area contributed by atoms with Gasteiger partial charge in [0.25, 0.3) is 11.6 Å². The molecule has 24 heavy (non-hydrogen) atoms. The van der Waals surface area contributed by atoms with E-state index in [0.717, 1.165) is 18.7 Å². The number of rotatable bonds is 4. The predicted molar refractivity (Wildman–Crippen MR) is 88.0 cm³/mol. The monoisotopic (exact) mass is 349 g/mol. The van der Waals surface area contributed by atoms with Crippen LogP contribution in [0.25, 0.3) is 0 Å². The highest BCUT2D eigenvalue weighted by molar-refractivity contribution is 6.31. The lowest BCUT2D eigenvalue weighted by Crippen LogP contribution is -2.48. The van der Waals surface area contributed by atoms with Crippen LogP contribution < -0.4 is 0 Å². The molecule has 3 rings (SSSR count). The second-order valence-electron chi connectivity index (χ2n) is 5.61. The van der Waals surface area contributed by atoms with Crippen LogP contribution in [0.2, 0.25) is 5.02 Å². The summed E-state index contributed by atoms with van der Waals surface area (Å²) in [7, 11) is 0. The van der Waals surface area contributed by atoms with Crippen molar-refractivity contribution in [1.82, 2.24) is 9.80 Å². The Morgan fingerprint density at radius 1 is 1.25 bits per heavy atom. The highest BCUT2D eigenvalue weighted by atomic mass is 35.5. The summed E-state index contributed by atoms with van der Waals surface area (Å²) in [6, 6.07) is 6.17. The van der Waals surface area contributed by atoms with E-state index < -0.39 is 4.92 Å². The second-order valence-corrected chi connectivity index (χ2v) is 6.02. The topological polar surface area (TPSA) is 79.8 Å². The zero-order chi connectivity index (χ0) is 17.1. The van der Waals surface area contributed by atoms with Crippen LogP contribution in [0.5, 0.6) is 0 Å². The summed E-state index contributed by atoms with van der Waals surface area (Å²) in [4.78, 5) is 26.5. The standard InChI is InChI=1S/C16H16ClN3O4/c17-15-9-14(20(22)23)2-1-12(15)10-18-4-6-19(7-5-18)16(21)13-3-8-24-11-13/h1-3,8-9,11H,4-7,10H2. The average Bonchev–Trinajstić information content (AvgIpc) is 3.11. The van der Waals surface area contributed by atoms with Gasteiger partial charge in [-0.25, -0.2) is 0 Å². The smallest absolute Gasteiger partial charge is 0.270 e. The number of nitro benzene ring substituents is 1. The van der Waals surface area contributed by atoms with E-state index in [0.29, 0.717) is 30.2 Å². The minimum atomic E-state index is -0.462. The molecule has 0 bridgehead atoms. The van der Waals surface area contributed by atoms with Crippen molar-refractivity contribution in [1.29, 1.82) is 0 Å². The molecule has 1 fully saturated rings. The van der Waals surface area contributed by atoms with E-state index in [2.05, 4.69) is 4.90 Å². The molecule has 8 heteroatoms. The summed E-state index contributed by atoms with van der Waals surface area (Å²) in [5.41, 5.74) is 1.39. The van der Waals surface area contributed by atoms with Gasteiger partial charge in [-0.15, -0.1) is 0 Å². The van der Waals surface area contributed by atoms with E-state index in [1.165, 1.54) is 24.7 Å². The molecular weight excluding hydrogens is 334 g/mol.